The van der Waals surface area contributed by atoms with Crippen molar-refractivity contribution in [1.82, 2.24) is 10.6 Å². The average Bonchev–Trinajstić information content (AvgIpc) is 3.18. The highest BCUT2D eigenvalue weighted by molar-refractivity contribution is 5.91. The van der Waals surface area contributed by atoms with Crippen molar-refractivity contribution in [3.05, 3.63) is 173 Å². The first kappa shape index (κ1) is 35.6. The Morgan fingerprint density at radius 1 is 0.725 bits per heavy atom. The number of morpholine rings is 1. The van der Waals surface area contributed by atoms with Crippen LogP contribution in [0, 0.1) is 0 Å². The van der Waals surface area contributed by atoms with Crippen LogP contribution in [0.15, 0.2) is 140 Å². The molecule has 0 spiro atoms. The number of amides is 1. The van der Waals surface area contributed by atoms with Gasteiger partial charge in [0.25, 0.3) is 0 Å². The number of hydrogen-bond donors (Lipinski definition) is 2. The molecule has 5 aromatic rings. The van der Waals surface area contributed by atoms with Gasteiger partial charge in [0.1, 0.15) is 24.5 Å². The van der Waals surface area contributed by atoms with Crippen molar-refractivity contribution >= 4 is 11.9 Å². The fraction of sp³-hybridized carbons (Fsp3) is 0.273. The Labute approximate surface area is 301 Å². The normalized spacial score (nSPS) is 16.3. The van der Waals surface area contributed by atoms with E-state index in [0.717, 1.165) is 60.4 Å². The molecule has 0 unspecified atom stereocenters. The van der Waals surface area contributed by atoms with Gasteiger partial charge in [0.15, 0.2) is 5.78 Å². The van der Waals surface area contributed by atoms with E-state index >= 15 is 0 Å². The van der Waals surface area contributed by atoms with Crippen LogP contribution in [0.1, 0.15) is 45.7 Å². The van der Waals surface area contributed by atoms with Crippen molar-refractivity contribution in [3.8, 4) is 5.75 Å². The van der Waals surface area contributed by atoms with E-state index in [1.165, 1.54) is 18.2 Å². The van der Waals surface area contributed by atoms with E-state index in [-0.39, 0.29) is 30.3 Å². The largest absolute Gasteiger partial charge is 0.491 e. The van der Waals surface area contributed by atoms with Gasteiger partial charge in [-0.2, -0.15) is 0 Å². The van der Waals surface area contributed by atoms with Crippen LogP contribution in [0.2, 0.25) is 0 Å². The van der Waals surface area contributed by atoms with Crippen molar-refractivity contribution in [2.75, 3.05) is 26.8 Å². The molecule has 1 heterocycles. The van der Waals surface area contributed by atoms with Crippen molar-refractivity contribution in [1.29, 1.82) is 0 Å². The Morgan fingerprint density at radius 2 is 1.29 bits per heavy atom. The zero-order chi connectivity index (χ0) is 35.3. The summed E-state index contributed by atoms with van der Waals surface area (Å²) in [6.07, 6.45) is 1.92. The van der Waals surface area contributed by atoms with Crippen molar-refractivity contribution in [2.24, 2.45) is 0 Å². The molecule has 6 rings (SSSR count). The van der Waals surface area contributed by atoms with E-state index in [9.17, 15) is 9.59 Å². The van der Waals surface area contributed by atoms with Crippen LogP contribution in [0.3, 0.4) is 0 Å². The van der Waals surface area contributed by atoms with Crippen LogP contribution >= 0.6 is 0 Å². The number of nitrogens with one attached hydrogen (secondary N) is 2. The second kappa shape index (κ2) is 18.1. The highest BCUT2D eigenvalue weighted by Crippen LogP contribution is 2.30. The molecule has 3 atom stereocenters. The van der Waals surface area contributed by atoms with Crippen LogP contribution in [0.4, 0.5) is 4.79 Å². The van der Waals surface area contributed by atoms with Crippen molar-refractivity contribution in [3.63, 3.8) is 0 Å². The molecule has 1 amide bonds. The minimum Gasteiger partial charge on any atom is -0.491 e. The topological polar surface area (TPSA) is 85.9 Å². The van der Waals surface area contributed by atoms with E-state index in [4.69, 9.17) is 14.2 Å². The highest BCUT2D eigenvalue weighted by atomic mass is 16.5. The van der Waals surface area contributed by atoms with Crippen LogP contribution in [0.25, 0.3) is 0 Å². The zero-order valence-corrected chi connectivity index (χ0v) is 29.1. The van der Waals surface area contributed by atoms with Gasteiger partial charge in [-0.3, -0.25) is 4.79 Å². The molecule has 1 aliphatic heterocycles. The maximum atomic E-state index is 14.2. The van der Waals surface area contributed by atoms with E-state index in [2.05, 4.69) is 53.1 Å². The molecule has 0 aromatic heterocycles. The molecule has 1 aliphatic rings. The maximum Gasteiger partial charge on any atom is 0.407 e. The standard InChI is InChI=1S/C44H46N2O5/c1-49-44(48)46-43(42(35-16-7-3-8-17-35)36-18-9-4-10-19-36)41(47)28-37-20-12-11-15-34(37)23-26-39-29-45-30-40(51-39)31-50-38-24-21-33(22-25-38)27-32-13-5-2-6-14-32/h2-22,24-25,39-40,42-43,45H,23,26-31H2,1H3,(H,46,48)/t39-,40+,43-/m1/s1. The van der Waals surface area contributed by atoms with Gasteiger partial charge in [-0.05, 0) is 64.8 Å². The number of carbonyl (C=O) groups is 2. The molecule has 1 saturated heterocycles. The number of carbonyl (C=O) groups excluding carboxylic acids is 2. The summed E-state index contributed by atoms with van der Waals surface area (Å²) in [5.41, 5.74) is 6.44. The van der Waals surface area contributed by atoms with Gasteiger partial charge in [-0.1, -0.05) is 127 Å². The molecule has 0 radical (unpaired) electrons. The van der Waals surface area contributed by atoms with Gasteiger partial charge in [0.05, 0.1) is 13.2 Å². The smallest absolute Gasteiger partial charge is 0.407 e. The fourth-order valence-corrected chi connectivity index (χ4v) is 6.79. The average molecular weight is 683 g/mol. The first-order valence-electron chi connectivity index (χ1n) is 17.7. The minimum absolute atomic E-state index is 0.0126. The third kappa shape index (κ3) is 10.2. The Kier molecular flexibility index (Phi) is 12.6. The summed E-state index contributed by atoms with van der Waals surface area (Å²) >= 11 is 0. The first-order chi connectivity index (χ1) is 25.1. The monoisotopic (exact) mass is 682 g/mol. The first-order valence-corrected chi connectivity index (χ1v) is 17.7. The number of ketones is 1. The molecular weight excluding hydrogens is 636 g/mol. The molecule has 2 N–H and O–H groups in total. The van der Waals surface area contributed by atoms with Crippen LogP contribution in [-0.2, 0) is 33.5 Å². The number of Topliss-reactive ketones (excluding diaryl/α,β-unsaturated/α-hetero) is 1. The summed E-state index contributed by atoms with van der Waals surface area (Å²) in [5.74, 6) is 0.351. The van der Waals surface area contributed by atoms with Gasteiger partial charge < -0.3 is 24.8 Å². The molecule has 0 aliphatic carbocycles. The van der Waals surface area contributed by atoms with E-state index in [0.29, 0.717) is 6.61 Å². The molecular formula is C44H46N2O5. The third-order valence-corrected chi connectivity index (χ3v) is 9.41. The van der Waals surface area contributed by atoms with Gasteiger partial charge in [-0.25, -0.2) is 4.79 Å². The number of alkyl carbamates (subject to hydrolysis) is 1. The highest BCUT2D eigenvalue weighted by Gasteiger charge is 2.33. The number of methoxy groups -OCH3 is 1. The predicted octanol–water partition coefficient (Wildman–Crippen LogP) is 7.31. The second-order valence-electron chi connectivity index (χ2n) is 13.0. The van der Waals surface area contributed by atoms with Crippen molar-refractivity contribution < 1.29 is 23.8 Å². The molecule has 1 fully saturated rings. The summed E-state index contributed by atoms with van der Waals surface area (Å²) in [4.78, 5) is 26.8. The van der Waals surface area contributed by atoms with Gasteiger partial charge >= 0.3 is 6.09 Å². The molecule has 0 saturated carbocycles. The quantitative estimate of drug-likeness (QED) is 0.121. The van der Waals surface area contributed by atoms with Gasteiger partial charge in [-0.15, -0.1) is 0 Å². The van der Waals surface area contributed by atoms with Crippen LogP contribution in [0.5, 0.6) is 5.75 Å². The molecule has 5 aromatic carbocycles. The van der Waals surface area contributed by atoms with Crippen molar-refractivity contribution in [2.45, 2.75) is 49.9 Å². The molecule has 7 nitrogen and oxygen atoms in total. The molecule has 262 valence electrons. The molecule has 51 heavy (non-hydrogen) atoms. The lowest BCUT2D eigenvalue weighted by Crippen LogP contribution is -2.47. The number of aryl methyl sites for hydroxylation is 1. The fourth-order valence-electron chi connectivity index (χ4n) is 6.79. The summed E-state index contributed by atoms with van der Waals surface area (Å²) in [7, 11) is 1.31. The van der Waals surface area contributed by atoms with E-state index in [1.807, 2.05) is 97.1 Å². The summed E-state index contributed by atoms with van der Waals surface area (Å²) < 4.78 is 17.6. The zero-order valence-electron chi connectivity index (χ0n) is 29.1. The Balaban J connectivity index is 1.07. The number of rotatable bonds is 15. The Hall–Kier alpha value is -5.24. The summed E-state index contributed by atoms with van der Waals surface area (Å²) in [6.45, 7) is 1.95. The molecule has 7 heteroatoms. The number of ether oxygens (including phenoxy) is 3. The lowest BCUT2D eigenvalue weighted by molar-refractivity contribution is -0.120. The second-order valence-corrected chi connectivity index (χ2v) is 13.0. The summed E-state index contributed by atoms with van der Waals surface area (Å²) in [5, 5.41) is 6.39. The minimum atomic E-state index is -0.831. The molecule has 0 bridgehead atoms. The third-order valence-electron chi connectivity index (χ3n) is 9.41. The van der Waals surface area contributed by atoms with E-state index in [1.54, 1.807) is 0 Å². The predicted molar refractivity (Wildman–Crippen MR) is 200 cm³/mol. The maximum absolute atomic E-state index is 14.2. The van der Waals surface area contributed by atoms with Gasteiger partial charge in [0.2, 0.25) is 0 Å². The summed E-state index contributed by atoms with van der Waals surface area (Å²) in [6, 6.07) is 45.6. The Morgan fingerprint density at radius 3 is 1.94 bits per heavy atom. The van der Waals surface area contributed by atoms with Gasteiger partial charge in [0, 0.05) is 25.4 Å². The Bertz CT molecular complexity index is 1780. The van der Waals surface area contributed by atoms with Crippen LogP contribution in [-0.4, -0.2) is 56.9 Å². The lowest BCUT2D eigenvalue weighted by Gasteiger charge is -2.31. The van der Waals surface area contributed by atoms with Crippen LogP contribution < -0.4 is 15.4 Å². The number of hydrogen-bond acceptors (Lipinski definition) is 6. The van der Waals surface area contributed by atoms with E-state index < -0.39 is 12.1 Å². The number of benzene rings is 5. The SMILES string of the molecule is COC(=O)N[C@H](C(=O)Cc1ccccc1CC[C@@H]1CNC[C@@H](COc2ccc(Cc3ccccc3)cc2)O1)C(c1ccccc1)c1ccccc1. The lowest BCUT2D eigenvalue weighted by atomic mass is 9.81.